The number of fused-ring (bicyclic) bond motifs is 4. The van der Waals surface area contributed by atoms with Crippen LogP contribution in [0.15, 0.2) is 127 Å². The molecule has 2 aliphatic rings. The predicted molar refractivity (Wildman–Crippen MR) is 205 cm³/mol. The zero-order valence-corrected chi connectivity index (χ0v) is 32.2. The van der Waals surface area contributed by atoms with Gasteiger partial charge >= 0.3 is 205 Å². The third-order valence-corrected chi connectivity index (χ3v) is 19.1. The summed E-state index contributed by atoms with van der Waals surface area (Å²) in [6.45, 7) is 0. The average molecular weight is 719 g/mol. The Labute approximate surface area is 280 Å². The standard InChI is InChI=1S/C43H43Ge2N/c1-44(2,3)31-16-22-34(23-17-31)46(35-24-18-32(19-25-35)45(4,5)6)33-20-14-30(15-21-33)36-26-27-39-37-10-7-8-12-40(37)43(28-29-43)41-13-9-11-38(36)42(39)41/h7-27H,28-29H2,1-6H3. The molecule has 0 radical (unpaired) electrons. The van der Waals surface area contributed by atoms with Crippen molar-refractivity contribution in [3.8, 4) is 22.3 Å². The van der Waals surface area contributed by atoms with Crippen LogP contribution in [0.1, 0.15) is 24.0 Å². The monoisotopic (exact) mass is 721 g/mol. The van der Waals surface area contributed by atoms with E-state index < -0.39 is 26.5 Å². The fourth-order valence-corrected chi connectivity index (χ4v) is 12.6. The summed E-state index contributed by atoms with van der Waals surface area (Å²) in [5.41, 5.74) is 12.2. The van der Waals surface area contributed by atoms with Gasteiger partial charge in [-0.25, -0.2) is 0 Å². The molecule has 46 heavy (non-hydrogen) atoms. The summed E-state index contributed by atoms with van der Waals surface area (Å²) in [4.78, 5) is 2.42. The van der Waals surface area contributed by atoms with E-state index in [4.69, 9.17) is 0 Å². The van der Waals surface area contributed by atoms with Crippen molar-refractivity contribution in [1.29, 1.82) is 0 Å². The summed E-state index contributed by atoms with van der Waals surface area (Å²) < 4.78 is 3.07. The van der Waals surface area contributed by atoms with Gasteiger partial charge in [-0.3, -0.25) is 0 Å². The third kappa shape index (κ3) is 4.90. The van der Waals surface area contributed by atoms with E-state index in [0.717, 1.165) is 0 Å². The molecular formula is C43H43Ge2N. The first-order valence-electron chi connectivity index (χ1n) is 16.8. The van der Waals surface area contributed by atoms with Crippen LogP contribution >= 0.6 is 0 Å². The van der Waals surface area contributed by atoms with Gasteiger partial charge in [0, 0.05) is 5.41 Å². The van der Waals surface area contributed by atoms with Gasteiger partial charge in [0.15, 0.2) is 0 Å². The van der Waals surface area contributed by atoms with Gasteiger partial charge in [-0.05, 0) is 35.1 Å². The Hall–Kier alpha value is -3.53. The molecule has 1 saturated carbocycles. The van der Waals surface area contributed by atoms with Crippen molar-refractivity contribution < 1.29 is 0 Å². The molecule has 0 aliphatic heterocycles. The molecule has 0 N–H and O–H groups in total. The zero-order valence-electron chi connectivity index (χ0n) is 28.0. The summed E-state index contributed by atoms with van der Waals surface area (Å²) in [6.07, 6.45) is 2.49. The molecule has 1 spiro atoms. The van der Waals surface area contributed by atoms with Gasteiger partial charge in [-0.1, -0.05) is 36.4 Å². The van der Waals surface area contributed by atoms with Crippen molar-refractivity contribution >= 4 is 63.2 Å². The van der Waals surface area contributed by atoms with E-state index >= 15 is 0 Å². The zero-order chi connectivity index (χ0) is 31.8. The Balaban J connectivity index is 1.22. The minimum atomic E-state index is -1.92. The predicted octanol–water partition coefficient (Wildman–Crippen LogP) is 11.1. The van der Waals surface area contributed by atoms with Crippen molar-refractivity contribution in [3.63, 3.8) is 0 Å². The Morgan fingerprint density at radius 3 is 1.50 bits per heavy atom. The van der Waals surface area contributed by atoms with Crippen LogP contribution in [0, 0.1) is 0 Å². The molecule has 0 bridgehead atoms. The maximum absolute atomic E-state index is 2.47. The molecule has 0 aromatic heterocycles. The fourth-order valence-electron chi connectivity index (χ4n) is 7.68. The second-order valence-corrected chi connectivity index (χ2v) is 36.8. The molecule has 228 valence electrons. The summed E-state index contributed by atoms with van der Waals surface area (Å²) >= 11 is -3.83. The Morgan fingerprint density at radius 2 is 0.957 bits per heavy atom. The molecular weight excluding hydrogens is 676 g/mol. The Kier molecular flexibility index (Phi) is 6.98. The molecule has 0 unspecified atom stereocenters. The van der Waals surface area contributed by atoms with Crippen molar-refractivity contribution in [2.45, 2.75) is 52.8 Å². The van der Waals surface area contributed by atoms with Crippen LogP contribution in [0.2, 0.25) is 34.5 Å². The number of hydrogen-bond donors (Lipinski definition) is 0. The van der Waals surface area contributed by atoms with E-state index in [9.17, 15) is 0 Å². The Morgan fingerprint density at radius 1 is 0.457 bits per heavy atom. The van der Waals surface area contributed by atoms with E-state index in [1.165, 1.54) is 82.8 Å². The van der Waals surface area contributed by atoms with Crippen molar-refractivity contribution in [1.82, 2.24) is 0 Å². The first kappa shape index (κ1) is 29.8. The summed E-state index contributed by atoms with van der Waals surface area (Å²) in [5, 5.41) is 2.82. The van der Waals surface area contributed by atoms with E-state index in [0.29, 0.717) is 0 Å². The normalized spacial score (nSPS) is 14.7. The first-order valence-corrected chi connectivity index (χ1v) is 31.5. The molecule has 0 heterocycles. The first-order chi connectivity index (χ1) is 22.0. The number of hydrogen-bond acceptors (Lipinski definition) is 1. The summed E-state index contributed by atoms with van der Waals surface area (Å²) in [7, 11) is 0. The molecule has 6 aromatic rings. The van der Waals surface area contributed by atoms with Crippen LogP contribution in [0.4, 0.5) is 17.1 Å². The number of nitrogens with zero attached hydrogens (tertiary/aromatic N) is 1. The van der Waals surface area contributed by atoms with Crippen LogP contribution in [-0.4, -0.2) is 26.5 Å². The number of benzene rings is 6. The van der Waals surface area contributed by atoms with E-state index in [1.54, 1.807) is 0 Å². The van der Waals surface area contributed by atoms with E-state index in [1.807, 2.05) is 0 Å². The molecule has 2 aliphatic carbocycles. The van der Waals surface area contributed by atoms with Gasteiger partial charge in [-0.15, -0.1) is 0 Å². The second-order valence-electron chi connectivity index (χ2n) is 15.5. The molecule has 0 atom stereocenters. The summed E-state index contributed by atoms with van der Waals surface area (Å²) in [6, 6.07) is 48.9. The van der Waals surface area contributed by atoms with Crippen LogP contribution in [0.5, 0.6) is 0 Å². The average Bonchev–Trinajstić information content (AvgIpc) is 3.85. The van der Waals surface area contributed by atoms with Gasteiger partial charge < -0.3 is 0 Å². The van der Waals surface area contributed by atoms with E-state index in [-0.39, 0.29) is 5.41 Å². The molecule has 1 fully saturated rings. The maximum atomic E-state index is 2.47. The molecule has 0 amide bonds. The topological polar surface area (TPSA) is 3.24 Å². The fraction of sp³-hybridized carbons (Fsp3) is 0.209. The number of anilines is 3. The third-order valence-electron chi connectivity index (χ3n) is 10.5. The molecule has 8 rings (SSSR count). The quantitative estimate of drug-likeness (QED) is 0.155. The van der Waals surface area contributed by atoms with Gasteiger partial charge in [-0.2, -0.15) is 0 Å². The Bertz CT molecular complexity index is 2030. The number of rotatable bonds is 6. The van der Waals surface area contributed by atoms with Crippen molar-refractivity contribution in [2.75, 3.05) is 4.90 Å². The SMILES string of the molecule is [CH3][Ge]([CH3])([CH3])[c]1ccc(N(c2ccc(-c3ccc4c5c(cccc35)C3(CC3)c3ccccc3-4)cc2)c2cc[c]([Ge]([CH3])([CH3])[CH3])cc2)cc1. The van der Waals surface area contributed by atoms with Gasteiger partial charge in [0.1, 0.15) is 0 Å². The summed E-state index contributed by atoms with van der Waals surface area (Å²) in [5.74, 6) is 14.8. The van der Waals surface area contributed by atoms with Crippen LogP contribution in [0.25, 0.3) is 33.0 Å². The van der Waals surface area contributed by atoms with E-state index in [2.05, 4.69) is 167 Å². The molecule has 3 heteroatoms. The molecule has 0 saturated heterocycles. The van der Waals surface area contributed by atoms with Crippen molar-refractivity contribution in [3.05, 3.63) is 139 Å². The van der Waals surface area contributed by atoms with Crippen LogP contribution in [-0.2, 0) is 5.41 Å². The minimum absolute atomic E-state index is 0.198. The van der Waals surface area contributed by atoms with Gasteiger partial charge in [0.2, 0.25) is 0 Å². The van der Waals surface area contributed by atoms with Gasteiger partial charge in [0.05, 0.1) is 0 Å². The second kappa shape index (κ2) is 10.8. The molecule has 6 aromatic carbocycles. The van der Waals surface area contributed by atoms with Crippen LogP contribution in [0.3, 0.4) is 0 Å². The van der Waals surface area contributed by atoms with Gasteiger partial charge in [0.25, 0.3) is 0 Å². The van der Waals surface area contributed by atoms with Crippen molar-refractivity contribution in [2.24, 2.45) is 0 Å². The van der Waals surface area contributed by atoms with Crippen LogP contribution < -0.4 is 13.7 Å². The molecule has 1 nitrogen and oxygen atoms in total.